The van der Waals surface area contributed by atoms with Gasteiger partial charge < -0.3 is 10.6 Å². The average molecular weight is 579 g/mol. The molecule has 1 amide bonds. The number of benzene rings is 1. The number of hydrogen-bond acceptors (Lipinski definition) is 9. The van der Waals surface area contributed by atoms with Crippen molar-refractivity contribution < 1.29 is 27.5 Å². The fraction of sp³-hybridized carbons (Fsp3) is 0.542. The first-order valence-electron chi connectivity index (χ1n) is 12.0. The van der Waals surface area contributed by atoms with Gasteiger partial charge in [0.25, 0.3) is 0 Å². The molecule has 0 bridgehead atoms. The number of unbranched alkanes of at least 4 members (excludes halogenated alkanes) is 1. The van der Waals surface area contributed by atoms with Gasteiger partial charge in [0.15, 0.2) is 0 Å². The minimum Gasteiger partial charge on any atom is -0.376 e. The van der Waals surface area contributed by atoms with E-state index in [9.17, 15) is 17.7 Å². The van der Waals surface area contributed by atoms with E-state index in [1.54, 1.807) is 47.9 Å². The predicted octanol–water partition coefficient (Wildman–Crippen LogP) is 5.09. The number of rotatable bonds is 16. The summed E-state index contributed by atoms with van der Waals surface area (Å²) in [5.74, 6) is 2.36. The van der Waals surface area contributed by atoms with Crippen molar-refractivity contribution in [1.29, 1.82) is 0 Å². The zero-order chi connectivity index (χ0) is 27.8. The molecule has 3 N–H and O–H groups in total. The van der Waals surface area contributed by atoms with Crippen LogP contribution in [0.2, 0.25) is 0 Å². The van der Waals surface area contributed by atoms with Gasteiger partial charge in [0, 0.05) is 29.5 Å². The molecular weight excluding hydrogens is 539 g/mol. The fourth-order valence-electron chi connectivity index (χ4n) is 3.19. The Kier molecular flexibility index (Phi) is 21.8. The summed E-state index contributed by atoms with van der Waals surface area (Å²) in [6.45, 7) is 8.64. The zero-order valence-corrected chi connectivity index (χ0v) is 23.9. The summed E-state index contributed by atoms with van der Waals surface area (Å²) in [7, 11) is -3.45. The molecule has 0 unspecified atom stereocenters. The van der Waals surface area contributed by atoms with Crippen LogP contribution in [0.4, 0.5) is 10.2 Å². The number of nitrogens with zero attached hydrogens (tertiary/aromatic N) is 1. The van der Waals surface area contributed by atoms with Crippen LogP contribution >= 0.6 is 23.5 Å². The minimum atomic E-state index is -3.45. The molecular formula is C24H39FN4O5S3. The molecule has 0 spiro atoms. The van der Waals surface area contributed by atoms with E-state index in [-0.39, 0.29) is 11.4 Å². The van der Waals surface area contributed by atoms with Crippen LogP contribution in [0, 0.1) is 5.92 Å². The lowest BCUT2D eigenvalue weighted by atomic mass is 10.1. The molecule has 13 heteroatoms. The van der Waals surface area contributed by atoms with E-state index in [1.165, 1.54) is 25.7 Å². The molecule has 0 saturated heterocycles. The molecule has 210 valence electrons. The molecule has 0 heterocycles. The fourth-order valence-corrected chi connectivity index (χ4v) is 6.14. The molecule has 1 aliphatic rings. The number of carbonyl (C=O) groups is 2. The van der Waals surface area contributed by atoms with E-state index in [1.807, 2.05) is 13.0 Å². The van der Waals surface area contributed by atoms with E-state index in [0.29, 0.717) is 12.4 Å². The highest BCUT2D eigenvalue weighted by molar-refractivity contribution is 8.22. The van der Waals surface area contributed by atoms with Crippen LogP contribution in [0.5, 0.6) is 0 Å². The van der Waals surface area contributed by atoms with Crippen molar-refractivity contribution in [2.45, 2.75) is 57.3 Å². The number of halogens is 1. The Morgan fingerprint density at radius 2 is 1.95 bits per heavy atom. The van der Waals surface area contributed by atoms with Gasteiger partial charge in [0.1, 0.15) is 0 Å². The van der Waals surface area contributed by atoms with Crippen molar-refractivity contribution in [3.05, 3.63) is 34.7 Å². The third kappa shape index (κ3) is 17.9. The average Bonchev–Trinajstić information content (AvgIpc) is 3.42. The van der Waals surface area contributed by atoms with Crippen LogP contribution in [0.3, 0.4) is 0 Å². The summed E-state index contributed by atoms with van der Waals surface area (Å²) < 4.78 is 38.0. The Bertz CT molecular complexity index is 898. The Balaban J connectivity index is 0.000000813. The second kappa shape index (κ2) is 23.1. The maximum Gasteiger partial charge on any atom is 0.337 e. The second-order valence-electron chi connectivity index (χ2n) is 7.67. The molecule has 9 nitrogen and oxygen atoms in total. The maximum atomic E-state index is 12.2. The molecule has 0 aromatic heterocycles. The zero-order valence-electron chi connectivity index (χ0n) is 21.5. The van der Waals surface area contributed by atoms with Gasteiger partial charge in [-0.25, -0.2) is 13.1 Å². The molecule has 0 aliphatic heterocycles. The Morgan fingerprint density at radius 3 is 2.51 bits per heavy atom. The van der Waals surface area contributed by atoms with E-state index >= 15 is 0 Å². The molecule has 1 saturated carbocycles. The lowest BCUT2D eigenvalue weighted by molar-refractivity contribution is -0.165. The quantitative estimate of drug-likeness (QED) is 0.107. The van der Waals surface area contributed by atoms with Crippen molar-refractivity contribution in [2.24, 2.45) is 10.9 Å². The number of sulfonamides is 1. The van der Waals surface area contributed by atoms with Gasteiger partial charge in [-0.2, -0.15) is 0 Å². The van der Waals surface area contributed by atoms with Crippen molar-refractivity contribution in [3.8, 4) is 0 Å². The van der Waals surface area contributed by atoms with Crippen molar-refractivity contribution >= 4 is 58.8 Å². The highest BCUT2D eigenvalue weighted by Crippen LogP contribution is 2.28. The normalized spacial score (nSPS) is 13.3. The highest BCUT2D eigenvalue weighted by Gasteiger charge is 2.14. The monoisotopic (exact) mass is 578 g/mol. The summed E-state index contributed by atoms with van der Waals surface area (Å²) in [6, 6.07) is 6.85. The molecule has 1 fully saturated rings. The molecule has 0 radical (unpaired) electrons. The summed E-state index contributed by atoms with van der Waals surface area (Å²) in [5.41, 5.74) is 0.772. The Morgan fingerprint density at radius 1 is 1.24 bits per heavy atom. The summed E-state index contributed by atoms with van der Waals surface area (Å²) in [5, 5.41) is 5.94. The molecule has 2 rings (SSSR count). The molecule has 0 atom stereocenters. The minimum absolute atomic E-state index is 0.278. The third-order valence-corrected chi connectivity index (χ3v) is 8.46. The van der Waals surface area contributed by atoms with Gasteiger partial charge in [-0.1, -0.05) is 50.9 Å². The standard InChI is InChI=1S/C16H25N3O2S3.C7H13NO.CHFO2/c1-4-6-10-19-24(20,21)15-9-7-8-14(11-15)18-13-23-16(12-17-3)22-5-2;9-6-8-5-7-3-1-2-4-7;2-4-1-3/h7-9,11-12,18-19H,3-6,10,13H2,1-2H3;6-7H,1-5H2,(H,8,9);1H/b16-12-;;. The van der Waals surface area contributed by atoms with Gasteiger partial charge in [0.2, 0.25) is 16.4 Å². The number of hydrogen-bond donors (Lipinski definition) is 3. The number of carbonyl (C=O) groups excluding carboxylic acids is 2. The van der Waals surface area contributed by atoms with Crippen molar-refractivity contribution in [3.63, 3.8) is 0 Å². The Labute approximate surface area is 228 Å². The topological polar surface area (TPSA) is 126 Å². The van der Waals surface area contributed by atoms with E-state index in [4.69, 9.17) is 4.79 Å². The lowest BCUT2D eigenvalue weighted by Crippen LogP contribution is -2.24. The summed E-state index contributed by atoms with van der Waals surface area (Å²) >= 11 is 3.31. The van der Waals surface area contributed by atoms with Crippen molar-refractivity contribution in [2.75, 3.05) is 30.0 Å². The van der Waals surface area contributed by atoms with Crippen LogP contribution in [-0.2, 0) is 24.6 Å². The Hall–Kier alpha value is -2.09. The number of amides is 1. The van der Waals surface area contributed by atoms with E-state index < -0.39 is 10.0 Å². The summed E-state index contributed by atoms with van der Waals surface area (Å²) in [4.78, 5) is 24.9. The van der Waals surface area contributed by atoms with Gasteiger partial charge >= 0.3 is 6.47 Å². The first-order chi connectivity index (χ1) is 17.9. The first-order valence-corrected chi connectivity index (χ1v) is 15.5. The van der Waals surface area contributed by atoms with Crippen LogP contribution in [0.25, 0.3) is 0 Å². The largest absolute Gasteiger partial charge is 0.376 e. The first kappa shape index (κ1) is 34.9. The van der Waals surface area contributed by atoms with Crippen LogP contribution < -0.4 is 15.4 Å². The summed E-state index contributed by atoms with van der Waals surface area (Å²) in [6.07, 6.45) is 9.62. The predicted molar refractivity (Wildman–Crippen MR) is 153 cm³/mol. The van der Waals surface area contributed by atoms with Gasteiger partial charge in [-0.15, -0.1) is 11.8 Å². The van der Waals surface area contributed by atoms with Gasteiger partial charge in [-0.3, -0.25) is 19.5 Å². The van der Waals surface area contributed by atoms with Gasteiger partial charge in [0.05, 0.1) is 15.0 Å². The molecule has 1 aromatic rings. The van der Waals surface area contributed by atoms with E-state index in [0.717, 1.165) is 47.4 Å². The van der Waals surface area contributed by atoms with Crippen molar-refractivity contribution in [1.82, 2.24) is 10.0 Å². The molecule has 1 aromatic carbocycles. The molecule has 1 aliphatic carbocycles. The van der Waals surface area contributed by atoms with Crippen LogP contribution in [0.1, 0.15) is 52.4 Å². The number of thioether (sulfide) groups is 2. The third-order valence-electron chi connectivity index (χ3n) is 4.94. The SMILES string of the molecule is C=N/C=C(/SCC)SCNc1cccc(S(=O)(=O)NCCCC)c1.O=CNCC1CCCC1.O=COF. The van der Waals surface area contributed by atoms with Gasteiger partial charge in [-0.05, 0) is 55.8 Å². The highest BCUT2D eigenvalue weighted by atomic mass is 32.2. The van der Waals surface area contributed by atoms with E-state index in [2.05, 4.69) is 38.9 Å². The second-order valence-corrected chi connectivity index (χ2v) is 12.0. The van der Waals surface area contributed by atoms with Crippen LogP contribution in [-0.4, -0.2) is 52.7 Å². The number of anilines is 1. The van der Waals surface area contributed by atoms with Crippen LogP contribution in [0.15, 0.2) is 44.6 Å². The number of aliphatic imine (C=N–C) groups is 1. The smallest absolute Gasteiger partial charge is 0.337 e. The maximum absolute atomic E-state index is 12.2. The lowest BCUT2D eigenvalue weighted by Gasteiger charge is -2.10. The number of nitrogens with one attached hydrogen (secondary N) is 3. The molecule has 37 heavy (non-hydrogen) atoms.